The Labute approximate surface area is 146 Å². The molecule has 1 amide bonds. The lowest BCUT2D eigenvalue weighted by molar-refractivity contribution is -0.118. The lowest BCUT2D eigenvalue weighted by Crippen LogP contribution is -2.44. The summed E-state index contributed by atoms with van der Waals surface area (Å²) in [6, 6.07) is 2.74. The summed E-state index contributed by atoms with van der Waals surface area (Å²) in [5, 5.41) is 5.17. The number of aromatic nitrogens is 1. The molecule has 1 aromatic rings. The van der Waals surface area contributed by atoms with Crippen molar-refractivity contribution in [3.05, 3.63) is 18.3 Å². The molecule has 0 aromatic carbocycles. The first-order valence-electron chi connectivity index (χ1n) is 7.75. The van der Waals surface area contributed by atoms with Crippen molar-refractivity contribution < 1.29 is 13.6 Å². The molecule has 3 rings (SSSR count). The highest BCUT2D eigenvalue weighted by Gasteiger charge is 2.42. The molecule has 0 radical (unpaired) electrons. The van der Waals surface area contributed by atoms with Crippen molar-refractivity contribution in [1.82, 2.24) is 15.2 Å². The molecule has 6 nitrogen and oxygen atoms in total. The normalized spacial score (nSPS) is 23.6. The van der Waals surface area contributed by atoms with Gasteiger partial charge in [-0.2, -0.15) is 0 Å². The zero-order valence-electron chi connectivity index (χ0n) is 13.5. The molecule has 24 heavy (non-hydrogen) atoms. The molecule has 1 aromatic heterocycles. The van der Waals surface area contributed by atoms with Crippen molar-refractivity contribution in [2.24, 2.45) is 0 Å². The lowest BCUT2D eigenvalue weighted by Gasteiger charge is -2.33. The minimum Gasteiger partial charge on any atom is -0.354 e. The van der Waals surface area contributed by atoms with Gasteiger partial charge in [-0.15, -0.1) is 12.4 Å². The van der Waals surface area contributed by atoms with Gasteiger partial charge in [0.2, 0.25) is 5.91 Å². The van der Waals surface area contributed by atoms with E-state index in [1.165, 1.54) is 0 Å². The molecule has 9 heteroatoms. The van der Waals surface area contributed by atoms with E-state index in [1.807, 2.05) is 6.07 Å². The van der Waals surface area contributed by atoms with E-state index in [1.54, 1.807) is 12.3 Å². The highest BCUT2D eigenvalue weighted by atomic mass is 35.5. The second kappa shape index (κ2) is 7.58. The molecular weight excluding hydrogens is 340 g/mol. The second-order valence-corrected chi connectivity index (χ2v) is 6.18. The predicted octanol–water partition coefficient (Wildman–Crippen LogP) is 1.19. The van der Waals surface area contributed by atoms with E-state index in [4.69, 9.17) is 0 Å². The van der Waals surface area contributed by atoms with Gasteiger partial charge in [0, 0.05) is 32.6 Å². The van der Waals surface area contributed by atoms with Crippen LogP contribution < -0.4 is 15.5 Å². The van der Waals surface area contributed by atoms with Gasteiger partial charge in [0.15, 0.2) is 0 Å². The van der Waals surface area contributed by atoms with Gasteiger partial charge in [-0.3, -0.25) is 10.1 Å². The highest BCUT2D eigenvalue weighted by Crippen LogP contribution is 2.25. The van der Waals surface area contributed by atoms with Crippen LogP contribution in [0.4, 0.5) is 20.3 Å². The number of halogens is 3. The molecule has 2 fully saturated rings. The maximum Gasteiger partial charge on any atom is 0.262 e. The summed E-state index contributed by atoms with van der Waals surface area (Å²) >= 11 is 0. The third kappa shape index (κ3) is 4.52. The Morgan fingerprint density at radius 2 is 2.04 bits per heavy atom. The number of pyridine rings is 1. The van der Waals surface area contributed by atoms with Gasteiger partial charge in [0.1, 0.15) is 5.82 Å². The van der Waals surface area contributed by atoms with Crippen molar-refractivity contribution >= 4 is 29.8 Å². The molecule has 3 heterocycles. The Kier molecular flexibility index (Phi) is 5.95. The number of anilines is 2. The van der Waals surface area contributed by atoms with Crippen LogP contribution in [0.3, 0.4) is 0 Å². The molecule has 1 atom stereocenters. The average Bonchev–Trinajstić information content (AvgIpc) is 2.89. The Morgan fingerprint density at radius 3 is 2.58 bits per heavy atom. The molecule has 0 spiro atoms. The molecule has 1 unspecified atom stereocenters. The molecule has 134 valence electrons. The first-order valence-corrected chi connectivity index (χ1v) is 7.75. The molecule has 2 saturated heterocycles. The Balaban J connectivity index is 0.00000208. The highest BCUT2D eigenvalue weighted by molar-refractivity contribution is 5.95. The number of rotatable bonds is 3. The van der Waals surface area contributed by atoms with Gasteiger partial charge >= 0.3 is 0 Å². The van der Waals surface area contributed by atoms with Crippen LogP contribution in [0.2, 0.25) is 0 Å². The summed E-state index contributed by atoms with van der Waals surface area (Å²) in [5.74, 6) is -2.40. The third-order valence-electron chi connectivity index (χ3n) is 4.27. The number of piperazine rings is 1. The summed E-state index contributed by atoms with van der Waals surface area (Å²) in [6.45, 7) is 3.35. The summed E-state index contributed by atoms with van der Waals surface area (Å²) in [7, 11) is 2.09. The Hall–Kier alpha value is -1.51. The van der Waals surface area contributed by atoms with Crippen LogP contribution in [-0.4, -0.2) is 67.5 Å². The fourth-order valence-corrected chi connectivity index (χ4v) is 2.81. The monoisotopic (exact) mass is 361 g/mol. The van der Waals surface area contributed by atoms with Crippen LogP contribution in [0.15, 0.2) is 18.3 Å². The fraction of sp³-hybridized carbons (Fsp3) is 0.600. The molecular formula is C15H22ClF2N5O. The second-order valence-electron chi connectivity index (χ2n) is 6.18. The van der Waals surface area contributed by atoms with Gasteiger partial charge < -0.3 is 15.1 Å². The average molecular weight is 362 g/mol. The number of hydrogen-bond acceptors (Lipinski definition) is 5. The zero-order chi connectivity index (χ0) is 16.4. The number of amides is 1. The summed E-state index contributed by atoms with van der Waals surface area (Å²) in [4.78, 5) is 20.8. The number of carbonyl (C=O) groups is 1. The van der Waals surface area contributed by atoms with Crippen LogP contribution in [0.1, 0.15) is 6.42 Å². The quantitative estimate of drug-likeness (QED) is 0.847. The molecule has 2 aliphatic rings. The number of alkyl halides is 2. The fourth-order valence-electron chi connectivity index (χ4n) is 2.81. The lowest BCUT2D eigenvalue weighted by atomic mass is 10.2. The topological polar surface area (TPSA) is 60.5 Å². The van der Waals surface area contributed by atoms with Crippen LogP contribution >= 0.6 is 12.4 Å². The van der Waals surface area contributed by atoms with E-state index in [0.717, 1.165) is 32.0 Å². The molecule has 0 bridgehead atoms. The predicted molar refractivity (Wildman–Crippen MR) is 91.2 cm³/mol. The third-order valence-corrected chi connectivity index (χ3v) is 4.27. The van der Waals surface area contributed by atoms with Crippen molar-refractivity contribution in [2.45, 2.75) is 18.4 Å². The van der Waals surface area contributed by atoms with E-state index >= 15 is 0 Å². The van der Waals surface area contributed by atoms with Crippen molar-refractivity contribution in [1.29, 1.82) is 0 Å². The first-order chi connectivity index (χ1) is 10.9. The minimum atomic E-state index is -2.81. The van der Waals surface area contributed by atoms with Crippen molar-refractivity contribution in [3.8, 4) is 0 Å². The Morgan fingerprint density at radius 1 is 1.33 bits per heavy atom. The largest absolute Gasteiger partial charge is 0.354 e. The smallest absolute Gasteiger partial charge is 0.262 e. The van der Waals surface area contributed by atoms with Crippen molar-refractivity contribution in [2.75, 3.05) is 50.0 Å². The van der Waals surface area contributed by atoms with Gasteiger partial charge in [0.05, 0.1) is 24.5 Å². The van der Waals surface area contributed by atoms with E-state index in [2.05, 4.69) is 32.5 Å². The van der Waals surface area contributed by atoms with Crippen LogP contribution in [-0.2, 0) is 4.79 Å². The van der Waals surface area contributed by atoms with E-state index in [-0.39, 0.29) is 12.4 Å². The van der Waals surface area contributed by atoms with Gasteiger partial charge in [-0.25, -0.2) is 13.8 Å². The number of likely N-dealkylation sites (N-methyl/N-ethyl adjacent to an activating group) is 1. The SMILES string of the molecule is CN1CCN(c2ccc(NC(=O)C3CC(F)(F)CN3)cn2)CC1.Cl. The van der Waals surface area contributed by atoms with Crippen LogP contribution in [0.5, 0.6) is 0 Å². The number of nitrogens with zero attached hydrogens (tertiary/aromatic N) is 3. The van der Waals surface area contributed by atoms with E-state index in [0.29, 0.717) is 5.69 Å². The van der Waals surface area contributed by atoms with Crippen LogP contribution in [0, 0.1) is 0 Å². The molecule has 0 aliphatic carbocycles. The molecule has 0 saturated carbocycles. The van der Waals surface area contributed by atoms with Gasteiger partial charge in [-0.1, -0.05) is 0 Å². The van der Waals surface area contributed by atoms with E-state index in [9.17, 15) is 13.6 Å². The Bertz CT molecular complexity index is 563. The number of carbonyl (C=O) groups excluding carboxylic acids is 1. The first kappa shape index (κ1) is 18.8. The standard InChI is InChI=1S/C15H21F2N5O.ClH/c1-21-4-6-22(7-5-21)13-3-2-11(9-18-13)20-14(23)12-8-15(16,17)10-19-12;/h2-3,9,12,19H,4-8,10H2,1H3,(H,20,23);1H. The number of hydrogen-bond donors (Lipinski definition) is 2. The summed E-state index contributed by atoms with van der Waals surface area (Å²) in [6.07, 6.45) is 1.10. The van der Waals surface area contributed by atoms with Gasteiger partial charge in [0.25, 0.3) is 5.92 Å². The molecule has 2 aliphatic heterocycles. The van der Waals surface area contributed by atoms with Gasteiger partial charge in [-0.05, 0) is 19.2 Å². The molecule has 2 N–H and O–H groups in total. The zero-order valence-corrected chi connectivity index (χ0v) is 14.3. The maximum absolute atomic E-state index is 13.1. The minimum absolute atomic E-state index is 0. The van der Waals surface area contributed by atoms with E-state index < -0.39 is 30.8 Å². The number of nitrogens with one attached hydrogen (secondary N) is 2. The summed E-state index contributed by atoms with van der Waals surface area (Å²) < 4.78 is 26.2. The van der Waals surface area contributed by atoms with Crippen molar-refractivity contribution in [3.63, 3.8) is 0 Å². The summed E-state index contributed by atoms with van der Waals surface area (Å²) in [5.41, 5.74) is 0.518. The van der Waals surface area contributed by atoms with Crippen LogP contribution in [0.25, 0.3) is 0 Å². The maximum atomic E-state index is 13.1.